The van der Waals surface area contributed by atoms with Crippen molar-refractivity contribution in [3.8, 4) is 6.07 Å². The largest absolute Gasteiger partial charge is 0.417 e. The summed E-state index contributed by atoms with van der Waals surface area (Å²) in [6, 6.07) is 2.97. The summed E-state index contributed by atoms with van der Waals surface area (Å²) in [6.07, 6.45) is -2.38. The van der Waals surface area contributed by atoms with E-state index in [0.29, 0.717) is 25.1 Å². The summed E-state index contributed by atoms with van der Waals surface area (Å²) >= 11 is 5.79. The molecule has 2 aliphatic carbocycles. The van der Waals surface area contributed by atoms with E-state index in [2.05, 4.69) is 15.3 Å². The molecule has 0 aromatic carbocycles. The summed E-state index contributed by atoms with van der Waals surface area (Å²) in [7, 11) is -4.40. The van der Waals surface area contributed by atoms with Crippen LogP contribution in [0.1, 0.15) is 43.4 Å². The van der Waals surface area contributed by atoms with E-state index in [4.69, 9.17) is 11.6 Å². The number of pyridine rings is 2. The molecule has 5 rings (SSSR count). The number of amides is 2. The molecule has 0 bridgehead atoms. The summed E-state index contributed by atoms with van der Waals surface area (Å²) < 4.78 is 80.3. The summed E-state index contributed by atoms with van der Waals surface area (Å²) in [6.45, 7) is -0.488. The maximum Gasteiger partial charge on any atom is 0.417 e. The van der Waals surface area contributed by atoms with Crippen molar-refractivity contribution >= 4 is 33.3 Å². The predicted molar refractivity (Wildman–Crippen MR) is 126 cm³/mol. The van der Waals surface area contributed by atoms with Crippen LogP contribution in [0.4, 0.5) is 17.6 Å². The van der Waals surface area contributed by atoms with Crippen LogP contribution in [0.2, 0.25) is 5.02 Å². The van der Waals surface area contributed by atoms with E-state index in [9.17, 15) is 40.8 Å². The molecule has 3 aliphatic rings. The van der Waals surface area contributed by atoms with Crippen molar-refractivity contribution in [3.63, 3.8) is 0 Å². The molecule has 2 atom stereocenters. The van der Waals surface area contributed by atoms with Crippen LogP contribution in [0.15, 0.2) is 35.6 Å². The molecule has 2 amide bonds. The number of nitrogens with one attached hydrogen (secondary N) is 1. The van der Waals surface area contributed by atoms with Crippen molar-refractivity contribution in [2.45, 2.75) is 65.6 Å². The second-order valence-electron chi connectivity index (χ2n) is 10.0. The molecule has 2 saturated carbocycles. The molecule has 39 heavy (non-hydrogen) atoms. The second kappa shape index (κ2) is 9.12. The molecule has 2 aromatic rings. The van der Waals surface area contributed by atoms with Gasteiger partial charge in [0, 0.05) is 18.9 Å². The number of nitrogens with zero attached hydrogens (tertiary/aromatic N) is 4. The van der Waals surface area contributed by atoms with Crippen molar-refractivity contribution in [2.75, 3.05) is 6.54 Å². The van der Waals surface area contributed by atoms with E-state index < -0.39 is 79.4 Å². The first-order chi connectivity index (χ1) is 18.2. The van der Waals surface area contributed by atoms with Gasteiger partial charge in [-0.15, -0.1) is 0 Å². The summed E-state index contributed by atoms with van der Waals surface area (Å²) in [5.74, 6) is -2.29. The van der Waals surface area contributed by atoms with E-state index in [1.807, 2.05) is 6.07 Å². The van der Waals surface area contributed by atoms with Crippen LogP contribution in [0.5, 0.6) is 0 Å². The molecule has 2 unspecified atom stereocenters. The van der Waals surface area contributed by atoms with E-state index in [0.717, 1.165) is 17.0 Å². The van der Waals surface area contributed by atoms with Crippen molar-refractivity contribution in [1.82, 2.24) is 20.2 Å². The third-order valence-corrected chi connectivity index (χ3v) is 9.62. The number of nitriles is 1. The number of rotatable bonds is 6. The Morgan fingerprint density at radius 2 is 1.85 bits per heavy atom. The van der Waals surface area contributed by atoms with Gasteiger partial charge in [0.05, 0.1) is 33.0 Å². The average Bonchev–Trinajstić information content (AvgIpc) is 3.80. The molecule has 1 saturated heterocycles. The fraction of sp³-hybridized carbons (Fsp3) is 0.458. The van der Waals surface area contributed by atoms with Crippen LogP contribution >= 0.6 is 11.6 Å². The Morgan fingerprint density at radius 1 is 1.15 bits per heavy atom. The SMILES string of the molecule is N#CC1(NC(=O)C2CC(S(=O)(=O)c3ccc(C(F)(F)F)cn3)CN2C(=O)C2(c3ncc(Cl)cc3F)CC2)CC1. The lowest BCUT2D eigenvalue weighted by Crippen LogP contribution is -2.52. The molecule has 1 N–H and O–H groups in total. The number of carbonyl (C=O) groups excluding carboxylic acids is 2. The third-order valence-electron chi connectivity index (χ3n) is 7.37. The summed E-state index contributed by atoms with van der Waals surface area (Å²) in [5, 5.41) is 9.94. The highest BCUT2D eigenvalue weighted by molar-refractivity contribution is 7.92. The summed E-state index contributed by atoms with van der Waals surface area (Å²) in [5.41, 5.74) is -3.85. The molecule has 3 fully saturated rings. The van der Waals surface area contributed by atoms with E-state index in [1.165, 1.54) is 6.20 Å². The van der Waals surface area contributed by atoms with Gasteiger partial charge in [0.2, 0.25) is 11.8 Å². The van der Waals surface area contributed by atoms with Crippen LogP contribution < -0.4 is 5.32 Å². The van der Waals surface area contributed by atoms with Crippen LogP contribution in [-0.2, 0) is 31.0 Å². The zero-order chi connectivity index (χ0) is 28.4. The molecule has 0 spiro atoms. The highest BCUT2D eigenvalue weighted by Crippen LogP contribution is 2.51. The Kier molecular flexibility index (Phi) is 6.38. The highest BCUT2D eigenvalue weighted by Gasteiger charge is 2.60. The van der Waals surface area contributed by atoms with Crippen molar-refractivity contribution in [2.24, 2.45) is 0 Å². The Bertz CT molecular complexity index is 1500. The fourth-order valence-electron chi connectivity index (χ4n) is 4.81. The zero-order valence-electron chi connectivity index (χ0n) is 20.0. The van der Waals surface area contributed by atoms with Gasteiger partial charge in [0.25, 0.3) is 0 Å². The Labute approximate surface area is 225 Å². The van der Waals surface area contributed by atoms with Crippen LogP contribution in [0.25, 0.3) is 0 Å². The van der Waals surface area contributed by atoms with Crippen LogP contribution in [-0.4, -0.2) is 58.5 Å². The van der Waals surface area contributed by atoms with Crippen molar-refractivity contribution < 1.29 is 35.6 Å². The molecule has 3 heterocycles. The number of hydrogen-bond acceptors (Lipinski definition) is 7. The predicted octanol–water partition coefficient (Wildman–Crippen LogP) is 2.94. The Hall–Kier alpha value is -3.31. The first-order valence-electron chi connectivity index (χ1n) is 11.9. The second-order valence-corrected chi connectivity index (χ2v) is 12.6. The Balaban J connectivity index is 1.47. The quantitative estimate of drug-likeness (QED) is 0.515. The molecule has 15 heteroatoms. The van der Waals surface area contributed by atoms with Crippen molar-refractivity contribution in [3.05, 3.63) is 52.7 Å². The maximum atomic E-state index is 14.8. The minimum Gasteiger partial charge on any atom is -0.336 e. The van der Waals surface area contributed by atoms with Gasteiger partial charge in [0.1, 0.15) is 17.4 Å². The van der Waals surface area contributed by atoms with Gasteiger partial charge >= 0.3 is 6.18 Å². The number of carbonyl (C=O) groups is 2. The Morgan fingerprint density at radius 3 is 2.36 bits per heavy atom. The lowest BCUT2D eigenvalue weighted by Gasteiger charge is -2.28. The van der Waals surface area contributed by atoms with Crippen LogP contribution in [0.3, 0.4) is 0 Å². The smallest absolute Gasteiger partial charge is 0.336 e. The number of alkyl halides is 3. The molecule has 0 radical (unpaired) electrons. The number of likely N-dealkylation sites (tertiary alicyclic amines) is 1. The molecule has 9 nitrogen and oxygen atoms in total. The van der Waals surface area contributed by atoms with Gasteiger partial charge in [-0.3, -0.25) is 14.6 Å². The molecule has 1 aliphatic heterocycles. The molecule has 2 aromatic heterocycles. The summed E-state index contributed by atoms with van der Waals surface area (Å²) in [4.78, 5) is 35.5. The van der Waals surface area contributed by atoms with Gasteiger partial charge < -0.3 is 10.2 Å². The number of aromatic nitrogens is 2. The minimum absolute atomic E-state index is 0.0133. The van der Waals surface area contributed by atoms with Crippen LogP contribution in [0, 0.1) is 17.1 Å². The van der Waals surface area contributed by atoms with Gasteiger partial charge in [-0.1, -0.05) is 11.6 Å². The average molecular weight is 586 g/mol. The number of halogens is 5. The number of hydrogen-bond donors (Lipinski definition) is 1. The lowest BCUT2D eigenvalue weighted by atomic mass is 9.98. The zero-order valence-corrected chi connectivity index (χ0v) is 21.6. The van der Waals surface area contributed by atoms with Gasteiger partial charge in [0.15, 0.2) is 14.9 Å². The maximum absolute atomic E-state index is 14.8. The highest BCUT2D eigenvalue weighted by atomic mass is 35.5. The van der Waals surface area contributed by atoms with E-state index >= 15 is 0 Å². The molecular weight excluding hydrogens is 566 g/mol. The monoisotopic (exact) mass is 585 g/mol. The lowest BCUT2D eigenvalue weighted by molar-refractivity contribution is -0.140. The van der Waals surface area contributed by atoms with E-state index in [1.54, 1.807) is 0 Å². The standard InChI is InChI=1S/C24H20ClF4N5O4S/c25-14-7-16(26)19(32-10-14)23(5-6-23)21(36)34-11-15(8-17(34)20(35)33-22(12-30)3-4-22)39(37,38)18-2-1-13(9-31-18)24(27,28)29/h1-2,7,9-10,15,17H,3-6,8,11H2,(H,33,35). The van der Waals surface area contributed by atoms with Crippen molar-refractivity contribution in [1.29, 1.82) is 5.26 Å². The first-order valence-corrected chi connectivity index (χ1v) is 13.8. The third kappa shape index (κ3) is 4.82. The van der Waals surface area contributed by atoms with Gasteiger partial charge in [-0.25, -0.2) is 17.8 Å². The normalized spacial score (nSPS) is 23.1. The first kappa shape index (κ1) is 27.3. The van der Waals surface area contributed by atoms with E-state index in [-0.39, 0.29) is 23.6 Å². The number of sulfone groups is 1. The van der Waals surface area contributed by atoms with Gasteiger partial charge in [-0.2, -0.15) is 18.4 Å². The molecular formula is C24H20ClF4N5O4S. The fourth-order valence-corrected chi connectivity index (χ4v) is 6.55. The molecule has 206 valence electrons. The topological polar surface area (TPSA) is 133 Å². The van der Waals surface area contributed by atoms with Gasteiger partial charge in [-0.05, 0) is 50.3 Å². The minimum atomic E-state index is -4.72.